The molecule has 0 aromatic heterocycles. The number of piperidine rings is 2. The van der Waals surface area contributed by atoms with Crippen molar-refractivity contribution in [2.24, 2.45) is 0 Å². The van der Waals surface area contributed by atoms with Crippen LogP contribution in [0.5, 0.6) is 0 Å². The molecule has 0 saturated carbocycles. The molecule has 3 heterocycles. The van der Waals surface area contributed by atoms with Gasteiger partial charge in [-0.1, -0.05) is 6.42 Å². The fourth-order valence-corrected chi connectivity index (χ4v) is 3.92. The Morgan fingerprint density at radius 3 is 2.56 bits per heavy atom. The van der Waals surface area contributed by atoms with Crippen LogP contribution >= 0.6 is 0 Å². The van der Waals surface area contributed by atoms with Crippen molar-refractivity contribution in [3.63, 3.8) is 0 Å². The second-order valence-corrected chi connectivity index (χ2v) is 8.55. The summed E-state index contributed by atoms with van der Waals surface area (Å²) < 4.78 is 5.26. The highest BCUT2D eigenvalue weighted by atomic mass is 16.6. The van der Waals surface area contributed by atoms with Crippen LogP contribution in [0.25, 0.3) is 0 Å². The standard InChI is InChI=1S/C12H23NO2.C8H13NO/c1-12(2,3)15-11(14)8-7-10-6-4-5-9-13-10;10-8-5-4-7-3-1-2-6-9(7)8/h10,13H,4-9H2,1-3H3;7H,1-6H2. The van der Waals surface area contributed by atoms with E-state index in [1.54, 1.807) is 0 Å². The average Bonchev–Trinajstić information content (AvgIpc) is 2.95. The molecule has 1 amide bonds. The van der Waals surface area contributed by atoms with Crippen LogP contribution in [0.3, 0.4) is 0 Å². The summed E-state index contributed by atoms with van der Waals surface area (Å²) in [5, 5.41) is 3.43. The van der Waals surface area contributed by atoms with Crippen molar-refractivity contribution in [3.8, 4) is 0 Å². The summed E-state index contributed by atoms with van der Waals surface area (Å²) in [5.41, 5.74) is -0.350. The Morgan fingerprint density at radius 2 is 1.92 bits per heavy atom. The number of hydrogen-bond donors (Lipinski definition) is 1. The lowest BCUT2D eigenvalue weighted by Gasteiger charge is -2.29. The molecule has 3 fully saturated rings. The molecule has 2 atom stereocenters. The molecule has 3 saturated heterocycles. The molecule has 3 aliphatic heterocycles. The second-order valence-electron chi connectivity index (χ2n) is 8.55. The van der Waals surface area contributed by atoms with Gasteiger partial charge < -0.3 is 15.0 Å². The minimum absolute atomic E-state index is 0.0742. The number of hydrogen-bond acceptors (Lipinski definition) is 4. The molecule has 3 aliphatic rings. The molecule has 0 aliphatic carbocycles. The minimum atomic E-state index is -0.350. The van der Waals surface area contributed by atoms with Crippen molar-refractivity contribution in [3.05, 3.63) is 0 Å². The summed E-state index contributed by atoms with van der Waals surface area (Å²) in [6.07, 6.45) is 10.9. The van der Waals surface area contributed by atoms with E-state index in [1.165, 1.54) is 38.5 Å². The quantitative estimate of drug-likeness (QED) is 0.791. The molecular formula is C20H36N2O3. The van der Waals surface area contributed by atoms with E-state index >= 15 is 0 Å². The van der Waals surface area contributed by atoms with Gasteiger partial charge in [-0.15, -0.1) is 0 Å². The van der Waals surface area contributed by atoms with Gasteiger partial charge >= 0.3 is 5.97 Å². The molecule has 2 unspecified atom stereocenters. The Labute approximate surface area is 152 Å². The highest BCUT2D eigenvalue weighted by molar-refractivity contribution is 5.78. The van der Waals surface area contributed by atoms with Gasteiger partial charge in [-0.05, 0) is 72.3 Å². The second kappa shape index (κ2) is 9.56. The molecular weight excluding hydrogens is 316 g/mol. The van der Waals surface area contributed by atoms with E-state index in [2.05, 4.69) is 10.2 Å². The first-order valence-corrected chi connectivity index (χ1v) is 10.1. The fraction of sp³-hybridized carbons (Fsp3) is 0.900. The number of fused-ring (bicyclic) bond motifs is 1. The lowest BCUT2D eigenvalue weighted by molar-refractivity contribution is -0.155. The normalized spacial score (nSPS) is 26.5. The molecule has 0 aromatic rings. The van der Waals surface area contributed by atoms with Crippen LogP contribution in [0.15, 0.2) is 0 Å². The summed E-state index contributed by atoms with van der Waals surface area (Å²) in [6, 6.07) is 1.15. The van der Waals surface area contributed by atoms with Crippen LogP contribution in [0.2, 0.25) is 0 Å². The first kappa shape index (κ1) is 20.2. The topological polar surface area (TPSA) is 58.6 Å². The molecule has 3 rings (SSSR count). The van der Waals surface area contributed by atoms with Gasteiger partial charge in [-0.25, -0.2) is 0 Å². The Bertz CT molecular complexity index is 439. The van der Waals surface area contributed by atoms with Crippen molar-refractivity contribution >= 4 is 11.9 Å². The molecule has 0 bridgehead atoms. The largest absolute Gasteiger partial charge is 0.460 e. The lowest BCUT2D eigenvalue weighted by atomic mass is 10.0. The Kier molecular flexibility index (Phi) is 7.73. The molecule has 0 radical (unpaired) electrons. The predicted molar refractivity (Wildman–Crippen MR) is 99.3 cm³/mol. The highest BCUT2D eigenvalue weighted by Crippen LogP contribution is 2.27. The van der Waals surface area contributed by atoms with E-state index in [0.29, 0.717) is 24.4 Å². The number of nitrogens with zero attached hydrogens (tertiary/aromatic N) is 1. The van der Waals surface area contributed by atoms with Crippen LogP contribution < -0.4 is 5.32 Å². The summed E-state index contributed by atoms with van der Waals surface area (Å²) in [6.45, 7) is 7.85. The first-order chi connectivity index (χ1) is 11.8. The molecule has 0 aromatic carbocycles. The third-order valence-electron chi connectivity index (χ3n) is 5.17. The van der Waals surface area contributed by atoms with Crippen molar-refractivity contribution in [2.75, 3.05) is 13.1 Å². The van der Waals surface area contributed by atoms with Crippen molar-refractivity contribution in [1.82, 2.24) is 10.2 Å². The van der Waals surface area contributed by atoms with E-state index in [1.807, 2.05) is 20.8 Å². The van der Waals surface area contributed by atoms with Crippen molar-refractivity contribution < 1.29 is 14.3 Å². The third kappa shape index (κ3) is 7.35. The maximum absolute atomic E-state index is 11.5. The highest BCUT2D eigenvalue weighted by Gasteiger charge is 2.32. The first-order valence-electron chi connectivity index (χ1n) is 10.1. The van der Waals surface area contributed by atoms with Gasteiger partial charge in [-0.3, -0.25) is 9.59 Å². The van der Waals surface area contributed by atoms with Gasteiger partial charge in [0.25, 0.3) is 0 Å². The third-order valence-corrected chi connectivity index (χ3v) is 5.17. The smallest absolute Gasteiger partial charge is 0.306 e. The summed E-state index contributed by atoms with van der Waals surface area (Å²) in [4.78, 5) is 24.7. The fourth-order valence-electron chi connectivity index (χ4n) is 3.92. The molecule has 1 N–H and O–H groups in total. The Balaban J connectivity index is 0.000000194. The Hall–Kier alpha value is -1.10. The molecule has 5 nitrogen and oxygen atoms in total. The van der Waals surface area contributed by atoms with Crippen LogP contribution in [-0.2, 0) is 14.3 Å². The number of ether oxygens (including phenoxy) is 1. The average molecular weight is 353 g/mol. The zero-order valence-corrected chi connectivity index (χ0v) is 16.3. The molecule has 0 spiro atoms. The molecule has 25 heavy (non-hydrogen) atoms. The number of carbonyl (C=O) groups excluding carboxylic acids is 2. The monoisotopic (exact) mass is 352 g/mol. The number of esters is 1. The molecule has 144 valence electrons. The van der Waals surface area contributed by atoms with Gasteiger partial charge in [-0.2, -0.15) is 0 Å². The van der Waals surface area contributed by atoms with Crippen molar-refractivity contribution in [2.45, 2.75) is 103 Å². The zero-order chi connectivity index (χ0) is 18.3. The zero-order valence-electron chi connectivity index (χ0n) is 16.3. The minimum Gasteiger partial charge on any atom is -0.460 e. The SMILES string of the molecule is CC(C)(C)OC(=O)CCC1CCCCN1.O=C1CCC2CCCCN12. The van der Waals surface area contributed by atoms with Gasteiger partial charge in [0, 0.05) is 31.5 Å². The van der Waals surface area contributed by atoms with Gasteiger partial charge in [0.1, 0.15) is 5.60 Å². The van der Waals surface area contributed by atoms with Crippen LogP contribution in [0.1, 0.15) is 85.0 Å². The Morgan fingerprint density at radius 1 is 1.16 bits per heavy atom. The number of nitrogens with one attached hydrogen (secondary N) is 1. The van der Waals surface area contributed by atoms with E-state index in [4.69, 9.17) is 4.74 Å². The lowest BCUT2D eigenvalue weighted by Crippen LogP contribution is -2.36. The van der Waals surface area contributed by atoms with Gasteiger partial charge in [0.2, 0.25) is 5.91 Å². The molecule has 5 heteroatoms. The number of carbonyl (C=O) groups is 2. The van der Waals surface area contributed by atoms with E-state index in [-0.39, 0.29) is 11.6 Å². The van der Waals surface area contributed by atoms with Gasteiger partial charge in [0.05, 0.1) is 0 Å². The van der Waals surface area contributed by atoms with Crippen molar-refractivity contribution in [1.29, 1.82) is 0 Å². The summed E-state index contributed by atoms with van der Waals surface area (Å²) >= 11 is 0. The predicted octanol–water partition coefficient (Wildman–Crippen LogP) is 3.41. The van der Waals surface area contributed by atoms with E-state index in [0.717, 1.165) is 32.4 Å². The summed E-state index contributed by atoms with van der Waals surface area (Å²) in [5.74, 6) is 0.319. The van der Waals surface area contributed by atoms with E-state index < -0.39 is 0 Å². The van der Waals surface area contributed by atoms with Crippen LogP contribution in [0.4, 0.5) is 0 Å². The summed E-state index contributed by atoms with van der Waals surface area (Å²) in [7, 11) is 0. The van der Waals surface area contributed by atoms with Crippen LogP contribution in [-0.4, -0.2) is 47.6 Å². The number of rotatable bonds is 3. The maximum atomic E-state index is 11.5. The maximum Gasteiger partial charge on any atom is 0.306 e. The van der Waals surface area contributed by atoms with Crippen LogP contribution in [0, 0.1) is 0 Å². The van der Waals surface area contributed by atoms with Gasteiger partial charge in [0.15, 0.2) is 0 Å². The van der Waals surface area contributed by atoms with E-state index in [9.17, 15) is 9.59 Å². The number of amides is 1.